The van der Waals surface area contributed by atoms with Crippen molar-refractivity contribution in [3.05, 3.63) is 45.9 Å². The SMILES string of the molecule is O=C(O)c1cc(F)c(NCc2nccs2)c(F)c1. The van der Waals surface area contributed by atoms with Gasteiger partial charge in [-0.05, 0) is 12.1 Å². The first-order chi connectivity index (χ1) is 8.58. The first kappa shape index (κ1) is 12.4. The van der Waals surface area contributed by atoms with Crippen molar-refractivity contribution < 1.29 is 18.7 Å². The summed E-state index contributed by atoms with van der Waals surface area (Å²) in [6.45, 7) is 0.178. The van der Waals surface area contributed by atoms with Crippen LogP contribution in [0.1, 0.15) is 15.4 Å². The topological polar surface area (TPSA) is 62.2 Å². The highest BCUT2D eigenvalue weighted by Crippen LogP contribution is 2.21. The fraction of sp³-hybridized carbons (Fsp3) is 0.0909. The van der Waals surface area contributed by atoms with E-state index in [1.54, 1.807) is 11.6 Å². The number of hydrogen-bond acceptors (Lipinski definition) is 4. The van der Waals surface area contributed by atoms with Crippen LogP contribution in [0.25, 0.3) is 0 Å². The van der Waals surface area contributed by atoms with Crippen molar-refractivity contribution in [1.29, 1.82) is 0 Å². The third-order valence-electron chi connectivity index (χ3n) is 2.19. The lowest BCUT2D eigenvalue weighted by molar-refractivity contribution is 0.0696. The lowest BCUT2D eigenvalue weighted by atomic mass is 10.2. The molecule has 0 saturated carbocycles. The first-order valence-electron chi connectivity index (χ1n) is 4.92. The molecule has 0 amide bonds. The molecule has 2 N–H and O–H groups in total. The molecule has 0 radical (unpaired) electrons. The Hall–Kier alpha value is -2.02. The fourth-order valence-corrected chi connectivity index (χ4v) is 1.93. The highest BCUT2D eigenvalue weighted by Gasteiger charge is 2.14. The molecule has 18 heavy (non-hydrogen) atoms. The quantitative estimate of drug-likeness (QED) is 0.896. The molecule has 0 spiro atoms. The van der Waals surface area contributed by atoms with Gasteiger partial charge in [-0.3, -0.25) is 0 Å². The maximum absolute atomic E-state index is 13.5. The van der Waals surface area contributed by atoms with Crippen molar-refractivity contribution in [3.8, 4) is 0 Å². The van der Waals surface area contributed by atoms with Crippen LogP contribution >= 0.6 is 11.3 Å². The molecular weight excluding hydrogens is 262 g/mol. The Balaban J connectivity index is 2.20. The predicted octanol–water partition coefficient (Wildman–Crippen LogP) is 2.73. The maximum atomic E-state index is 13.5. The Labute approximate surface area is 105 Å². The van der Waals surface area contributed by atoms with Gasteiger partial charge in [0.2, 0.25) is 0 Å². The first-order valence-corrected chi connectivity index (χ1v) is 5.80. The number of thiazole rings is 1. The van der Waals surface area contributed by atoms with Gasteiger partial charge in [-0.25, -0.2) is 18.6 Å². The van der Waals surface area contributed by atoms with E-state index in [1.165, 1.54) is 11.3 Å². The third kappa shape index (κ3) is 2.62. The largest absolute Gasteiger partial charge is 0.478 e. The maximum Gasteiger partial charge on any atom is 0.335 e. The van der Waals surface area contributed by atoms with Gasteiger partial charge in [0, 0.05) is 11.6 Å². The zero-order chi connectivity index (χ0) is 13.1. The Morgan fingerprint density at radius 2 is 2.06 bits per heavy atom. The van der Waals surface area contributed by atoms with Gasteiger partial charge in [-0.1, -0.05) is 0 Å². The number of hydrogen-bond donors (Lipinski definition) is 2. The van der Waals surface area contributed by atoms with Gasteiger partial charge in [0.05, 0.1) is 12.1 Å². The standard InChI is InChI=1S/C11H8F2N2O2S/c12-7-3-6(11(16)17)4-8(13)10(7)15-5-9-14-1-2-18-9/h1-4,15H,5H2,(H,16,17). The fourth-order valence-electron chi connectivity index (χ4n) is 1.37. The van der Waals surface area contributed by atoms with E-state index < -0.39 is 23.2 Å². The van der Waals surface area contributed by atoms with Crippen LogP contribution in [0.5, 0.6) is 0 Å². The van der Waals surface area contributed by atoms with E-state index in [-0.39, 0.29) is 12.2 Å². The van der Waals surface area contributed by atoms with Crippen LogP contribution in [0.15, 0.2) is 23.7 Å². The molecule has 0 bridgehead atoms. The number of nitrogens with one attached hydrogen (secondary N) is 1. The predicted molar refractivity (Wildman–Crippen MR) is 62.8 cm³/mol. The Kier molecular flexibility index (Phi) is 3.52. The molecule has 1 aromatic heterocycles. The zero-order valence-electron chi connectivity index (χ0n) is 8.98. The van der Waals surface area contributed by atoms with Crippen LogP contribution in [0.4, 0.5) is 14.5 Å². The molecule has 94 valence electrons. The number of carbonyl (C=O) groups is 1. The summed E-state index contributed by atoms with van der Waals surface area (Å²) in [5.74, 6) is -3.26. The van der Waals surface area contributed by atoms with E-state index in [2.05, 4.69) is 10.3 Å². The van der Waals surface area contributed by atoms with Crippen LogP contribution in [0.2, 0.25) is 0 Å². The molecule has 2 aromatic rings. The van der Waals surface area contributed by atoms with Crippen LogP contribution in [-0.4, -0.2) is 16.1 Å². The number of anilines is 1. The molecule has 1 aromatic carbocycles. The molecule has 0 aliphatic carbocycles. The second-order valence-electron chi connectivity index (χ2n) is 3.40. The van der Waals surface area contributed by atoms with Crippen molar-refractivity contribution >= 4 is 23.0 Å². The smallest absolute Gasteiger partial charge is 0.335 e. The molecule has 0 unspecified atom stereocenters. The molecule has 0 fully saturated rings. The second kappa shape index (κ2) is 5.09. The van der Waals surface area contributed by atoms with E-state index in [0.717, 1.165) is 12.1 Å². The van der Waals surface area contributed by atoms with E-state index in [4.69, 9.17) is 5.11 Å². The number of nitrogens with zero attached hydrogens (tertiary/aromatic N) is 1. The molecular formula is C11H8F2N2O2S. The Morgan fingerprint density at radius 3 is 2.56 bits per heavy atom. The number of aromatic nitrogens is 1. The summed E-state index contributed by atoms with van der Waals surface area (Å²) in [4.78, 5) is 14.6. The van der Waals surface area contributed by atoms with E-state index in [9.17, 15) is 13.6 Å². The number of halogens is 2. The highest BCUT2D eigenvalue weighted by atomic mass is 32.1. The molecule has 2 rings (SSSR count). The van der Waals surface area contributed by atoms with E-state index >= 15 is 0 Å². The zero-order valence-corrected chi connectivity index (χ0v) is 9.80. The lowest BCUT2D eigenvalue weighted by Gasteiger charge is -2.08. The van der Waals surface area contributed by atoms with E-state index in [0.29, 0.717) is 5.01 Å². The molecule has 4 nitrogen and oxygen atoms in total. The number of rotatable bonds is 4. The van der Waals surface area contributed by atoms with Gasteiger partial charge in [0.15, 0.2) is 0 Å². The summed E-state index contributed by atoms with van der Waals surface area (Å²) >= 11 is 1.35. The third-order valence-corrected chi connectivity index (χ3v) is 2.97. The summed E-state index contributed by atoms with van der Waals surface area (Å²) in [7, 11) is 0. The molecule has 7 heteroatoms. The van der Waals surface area contributed by atoms with Crippen LogP contribution in [0.3, 0.4) is 0 Å². The van der Waals surface area contributed by atoms with Gasteiger partial charge in [0.1, 0.15) is 22.3 Å². The average molecular weight is 270 g/mol. The van der Waals surface area contributed by atoms with Crippen LogP contribution in [0, 0.1) is 11.6 Å². The molecule has 0 atom stereocenters. The van der Waals surface area contributed by atoms with Gasteiger partial charge in [-0.2, -0.15) is 0 Å². The van der Waals surface area contributed by atoms with Gasteiger partial charge < -0.3 is 10.4 Å². The Bertz CT molecular complexity index is 549. The van der Waals surface area contributed by atoms with Crippen molar-refractivity contribution in [2.75, 3.05) is 5.32 Å². The molecule has 0 saturated heterocycles. The minimum Gasteiger partial charge on any atom is -0.478 e. The molecule has 0 aliphatic rings. The summed E-state index contributed by atoms with van der Waals surface area (Å²) in [5.41, 5.74) is -0.778. The van der Waals surface area contributed by atoms with Crippen LogP contribution in [-0.2, 0) is 6.54 Å². The number of benzene rings is 1. The van der Waals surface area contributed by atoms with Gasteiger partial charge >= 0.3 is 5.97 Å². The normalized spacial score (nSPS) is 10.3. The number of carboxylic acids is 1. The van der Waals surface area contributed by atoms with Gasteiger partial charge in [0.25, 0.3) is 0 Å². The van der Waals surface area contributed by atoms with Crippen LogP contribution < -0.4 is 5.32 Å². The summed E-state index contributed by atoms with van der Waals surface area (Å²) in [5, 5.41) is 13.6. The van der Waals surface area contributed by atoms with Crippen molar-refractivity contribution in [3.63, 3.8) is 0 Å². The summed E-state index contributed by atoms with van der Waals surface area (Å²) < 4.78 is 27.0. The average Bonchev–Trinajstić information content (AvgIpc) is 2.80. The second-order valence-corrected chi connectivity index (χ2v) is 4.38. The summed E-state index contributed by atoms with van der Waals surface area (Å²) in [6.07, 6.45) is 1.59. The van der Waals surface area contributed by atoms with E-state index in [1.807, 2.05) is 0 Å². The Morgan fingerprint density at radius 1 is 1.39 bits per heavy atom. The molecule has 0 aliphatic heterocycles. The minimum absolute atomic E-state index is 0.178. The minimum atomic E-state index is -1.38. The number of carboxylic acid groups (broad SMARTS) is 1. The van der Waals surface area contributed by atoms with Crippen molar-refractivity contribution in [2.24, 2.45) is 0 Å². The highest BCUT2D eigenvalue weighted by molar-refractivity contribution is 7.09. The van der Waals surface area contributed by atoms with Crippen molar-refractivity contribution in [2.45, 2.75) is 6.54 Å². The monoisotopic (exact) mass is 270 g/mol. The number of aromatic carboxylic acids is 1. The summed E-state index contributed by atoms with van der Waals surface area (Å²) in [6, 6.07) is 1.55. The van der Waals surface area contributed by atoms with Gasteiger partial charge in [-0.15, -0.1) is 11.3 Å². The lowest BCUT2D eigenvalue weighted by Crippen LogP contribution is -2.06. The van der Waals surface area contributed by atoms with Crippen molar-refractivity contribution in [1.82, 2.24) is 4.98 Å². The molecule has 1 heterocycles.